The van der Waals surface area contributed by atoms with E-state index >= 15 is 0 Å². The first-order chi connectivity index (χ1) is 17.2. The molecular formula is C27H33ClN6O2. The van der Waals surface area contributed by atoms with E-state index in [-0.39, 0.29) is 17.9 Å². The lowest BCUT2D eigenvalue weighted by Crippen LogP contribution is -2.34. The fourth-order valence-corrected chi connectivity index (χ4v) is 4.95. The topological polar surface area (TPSA) is 83.4 Å². The molecule has 1 aliphatic heterocycles. The van der Waals surface area contributed by atoms with Gasteiger partial charge in [0.05, 0.1) is 22.1 Å². The van der Waals surface area contributed by atoms with Crippen LogP contribution in [0.5, 0.6) is 0 Å². The highest BCUT2D eigenvalue weighted by Crippen LogP contribution is 2.34. The maximum atomic E-state index is 13.2. The number of anilines is 1. The number of nitrogens with one attached hydrogen (secondary N) is 1. The molecule has 1 unspecified atom stereocenters. The van der Waals surface area contributed by atoms with Crippen molar-refractivity contribution < 1.29 is 9.59 Å². The molecule has 0 saturated carbocycles. The van der Waals surface area contributed by atoms with Gasteiger partial charge in [0, 0.05) is 42.7 Å². The lowest BCUT2D eigenvalue weighted by molar-refractivity contribution is -0.126. The summed E-state index contributed by atoms with van der Waals surface area (Å²) in [7, 11) is 3.93. The first-order valence-electron chi connectivity index (χ1n) is 12.3. The van der Waals surface area contributed by atoms with Crippen LogP contribution in [0, 0.1) is 13.8 Å². The van der Waals surface area contributed by atoms with E-state index in [9.17, 15) is 9.59 Å². The molecule has 9 heteroatoms. The molecule has 2 amide bonds. The molecular weight excluding hydrogens is 476 g/mol. The second-order valence-corrected chi connectivity index (χ2v) is 10.0. The van der Waals surface area contributed by atoms with Gasteiger partial charge in [-0.15, -0.1) is 0 Å². The lowest BCUT2D eigenvalue weighted by Gasteiger charge is -2.26. The predicted octanol–water partition coefficient (Wildman–Crippen LogP) is 4.63. The minimum Gasteiger partial charge on any atom is -0.337 e. The molecule has 0 bridgehead atoms. The quantitative estimate of drug-likeness (QED) is 0.491. The Labute approximate surface area is 217 Å². The number of hydrogen-bond donors (Lipinski definition) is 1. The van der Waals surface area contributed by atoms with E-state index in [2.05, 4.69) is 10.3 Å². The van der Waals surface area contributed by atoms with Crippen LogP contribution in [0.15, 0.2) is 42.5 Å². The number of aromatic nitrogens is 3. The number of fused-ring (bicyclic) bond motifs is 1. The Kier molecular flexibility index (Phi) is 8.06. The van der Waals surface area contributed by atoms with Gasteiger partial charge in [-0.3, -0.25) is 19.9 Å². The van der Waals surface area contributed by atoms with Gasteiger partial charge in [0.25, 0.3) is 5.91 Å². The van der Waals surface area contributed by atoms with Crippen LogP contribution in [0.2, 0.25) is 5.02 Å². The number of halogens is 1. The fraction of sp³-hybridized carbons (Fsp3) is 0.407. The zero-order valence-corrected chi connectivity index (χ0v) is 22.0. The van der Waals surface area contributed by atoms with Gasteiger partial charge >= 0.3 is 0 Å². The van der Waals surface area contributed by atoms with Gasteiger partial charge in [-0.1, -0.05) is 23.7 Å². The second-order valence-electron chi connectivity index (χ2n) is 9.60. The van der Waals surface area contributed by atoms with E-state index in [4.69, 9.17) is 16.6 Å². The van der Waals surface area contributed by atoms with Crippen molar-refractivity contribution >= 4 is 40.4 Å². The van der Waals surface area contributed by atoms with Gasteiger partial charge in [-0.2, -0.15) is 0 Å². The largest absolute Gasteiger partial charge is 0.337 e. The summed E-state index contributed by atoms with van der Waals surface area (Å²) in [5.74, 6) is 0.162. The number of hydrogen-bond acceptors (Lipinski definition) is 5. The smallest absolute Gasteiger partial charge is 0.258 e. The number of rotatable bonds is 6. The Balaban J connectivity index is 1.68. The van der Waals surface area contributed by atoms with Crippen molar-refractivity contribution in [3.8, 4) is 0 Å². The normalized spacial score (nSPS) is 16.6. The molecule has 1 fully saturated rings. The molecule has 1 atom stereocenters. The molecule has 1 aromatic carbocycles. The molecule has 8 nitrogen and oxygen atoms in total. The number of benzene rings is 1. The summed E-state index contributed by atoms with van der Waals surface area (Å²) < 4.78 is 2.01. The van der Waals surface area contributed by atoms with Crippen molar-refractivity contribution in [3.05, 3.63) is 64.5 Å². The highest BCUT2D eigenvalue weighted by molar-refractivity contribution is 6.35. The number of carbonyl (C=O) groups excluding carboxylic acids is 2. The summed E-state index contributed by atoms with van der Waals surface area (Å²) in [6.07, 6.45) is 6.25. The minimum atomic E-state index is -0.260. The van der Waals surface area contributed by atoms with Crippen LogP contribution in [-0.4, -0.2) is 69.9 Å². The molecule has 0 aliphatic carbocycles. The number of likely N-dealkylation sites (tertiary alicyclic amines) is 1. The van der Waals surface area contributed by atoms with Crippen LogP contribution in [0.1, 0.15) is 47.1 Å². The molecule has 0 radical (unpaired) electrons. The standard InChI is InChI=1S/C27H33ClN6O2/c1-18-15-20(16-19(2)29-18)26(36)31-27-30-23-11-7-10-22(28)25(23)34(27)21-9-5-6-14-33(17-21)24(35)12-8-13-32(3)4/h7-8,10-12,15-16,21H,5-6,9,13-14,17H2,1-4H3,(H,30,31,36). The average Bonchev–Trinajstić information content (AvgIpc) is 3.00. The molecule has 1 saturated heterocycles. The first-order valence-corrected chi connectivity index (χ1v) is 12.6. The molecule has 190 valence electrons. The van der Waals surface area contributed by atoms with Crippen molar-refractivity contribution in [3.63, 3.8) is 0 Å². The van der Waals surface area contributed by atoms with Gasteiger partial charge in [0.1, 0.15) is 0 Å². The van der Waals surface area contributed by atoms with Crippen molar-refractivity contribution in [1.29, 1.82) is 0 Å². The zero-order valence-electron chi connectivity index (χ0n) is 21.3. The third kappa shape index (κ3) is 5.94. The third-order valence-electron chi connectivity index (χ3n) is 6.28. The maximum Gasteiger partial charge on any atom is 0.258 e. The number of para-hydroxylation sites is 1. The van der Waals surface area contributed by atoms with Gasteiger partial charge in [-0.05, 0) is 71.5 Å². The maximum absolute atomic E-state index is 13.2. The monoisotopic (exact) mass is 508 g/mol. The van der Waals surface area contributed by atoms with Crippen molar-refractivity contribution in [1.82, 2.24) is 24.3 Å². The second kappa shape index (κ2) is 11.2. The molecule has 3 aromatic rings. The van der Waals surface area contributed by atoms with Crippen LogP contribution in [0.4, 0.5) is 5.95 Å². The summed E-state index contributed by atoms with van der Waals surface area (Å²) in [5.41, 5.74) is 3.54. The Morgan fingerprint density at radius 1 is 1.17 bits per heavy atom. The third-order valence-corrected chi connectivity index (χ3v) is 6.59. The van der Waals surface area contributed by atoms with Gasteiger partial charge in [0.15, 0.2) is 0 Å². The Morgan fingerprint density at radius 2 is 1.92 bits per heavy atom. The van der Waals surface area contributed by atoms with E-state index in [1.165, 1.54) is 0 Å². The Morgan fingerprint density at radius 3 is 2.64 bits per heavy atom. The molecule has 0 spiro atoms. The highest BCUT2D eigenvalue weighted by Gasteiger charge is 2.27. The number of aryl methyl sites for hydroxylation is 2. The molecule has 36 heavy (non-hydrogen) atoms. The molecule has 1 aliphatic rings. The number of likely N-dealkylation sites (N-methyl/N-ethyl adjacent to an activating group) is 1. The summed E-state index contributed by atoms with van der Waals surface area (Å²) in [4.78, 5) is 39.2. The van der Waals surface area contributed by atoms with E-state index in [0.717, 1.165) is 36.2 Å². The van der Waals surface area contributed by atoms with Crippen LogP contribution in [0.3, 0.4) is 0 Å². The summed E-state index contributed by atoms with van der Waals surface area (Å²) in [5, 5.41) is 3.57. The molecule has 1 N–H and O–H groups in total. The van der Waals surface area contributed by atoms with Crippen LogP contribution in [0.25, 0.3) is 11.0 Å². The van der Waals surface area contributed by atoms with Gasteiger partial charge in [-0.25, -0.2) is 4.98 Å². The Hall–Kier alpha value is -3.23. The van der Waals surface area contributed by atoms with Crippen molar-refractivity contribution in [2.24, 2.45) is 0 Å². The lowest BCUT2D eigenvalue weighted by atomic mass is 10.1. The SMILES string of the molecule is Cc1cc(C(=O)Nc2nc3cccc(Cl)c3n2C2CCCCN(C(=O)C=CCN(C)C)C2)cc(C)n1. The van der Waals surface area contributed by atoms with E-state index in [1.807, 2.05) is 66.6 Å². The number of carbonyl (C=O) groups is 2. The molecule has 2 aromatic heterocycles. The summed E-state index contributed by atoms with van der Waals surface area (Å²) in [6.45, 7) is 5.64. The Bertz CT molecular complexity index is 1280. The number of pyridine rings is 1. The highest BCUT2D eigenvalue weighted by atomic mass is 35.5. The fourth-order valence-electron chi connectivity index (χ4n) is 4.69. The average molecular weight is 509 g/mol. The van der Waals surface area contributed by atoms with E-state index < -0.39 is 0 Å². The van der Waals surface area contributed by atoms with Gasteiger partial charge < -0.3 is 14.4 Å². The van der Waals surface area contributed by atoms with Crippen molar-refractivity contribution in [2.45, 2.75) is 39.2 Å². The number of imidazole rings is 1. The number of nitrogens with zero attached hydrogens (tertiary/aromatic N) is 5. The van der Waals surface area contributed by atoms with E-state index in [1.54, 1.807) is 18.2 Å². The van der Waals surface area contributed by atoms with Crippen LogP contribution < -0.4 is 5.32 Å². The number of amides is 2. The van der Waals surface area contributed by atoms with Gasteiger partial charge in [0.2, 0.25) is 11.9 Å². The van der Waals surface area contributed by atoms with Crippen LogP contribution in [-0.2, 0) is 4.79 Å². The summed E-state index contributed by atoms with van der Waals surface area (Å²) in [6, 6.07) is 8.99. The summed E-state index contributed by atoms with van der Waals surface area (Å²) >= 11 is 6.65. The molecule has 4 rings (SSSR count). The predicted molar refractivity (Wildman–Crippen MR) is 144 cm³/mol. The van der Waals surface area contributed by atoms with Crippen molar-refractivity contribution in [2.75, 3.05) is 39.0 Å². The zero-order chi connectivity index (χ0) is 25.8. The molecule has 3 heterocycles. The van der Waals surface area contributed by atoms with E-state index in [0.29, 0.717) is 41.7 Å². The van der Waals surface area contributed by atoms with Crippen LogP contribution >= 0.6 is 11.6 Å². The minimum absolute atomic E-state index is 0.00686. The first kappa shape index (κ1) is 25.9.